The molecule has 0 spiro atoms. The Morgan fingerprint density at radius 2 is 2.11 bits per heavy atom. The molecule has 1 aliphatic rings. The zero-order valence-electron chi connectivity index (χ0n) is 10.7. The van der Waals surface area contributed by atoms with Crippen molar-refractivity contribution in [2.45, 2.75) is 38.1 Å². The normalized spacial score (nSPS) is 16.5. The zero-order valence-corrected chi connectivity index (χ0v) is 12.3. The van der Waals surface area contributed by atoms with Crippen molar-refractivity contribution >= 4 is 27.8 Å². The minimum Gasteiger partial charge on any atom is -0.481 e. The Bertz CT molecular complexity index is 523. The highest BCUT2D eigenvalue weighted by atomic mass is 79.9. The number of nitrogens with one attached hydrogen (secondary N) is 1. The smallest absolute Gasteiger partial charge is 0.305 e. The highest BCUT2D eigenvalue weighted by molar-refractivity contribution is 9.10. The van der Waals surface area contributed by atoms with E-state index in [0.29, 0.717) is 5.56 Å². The Kier molecular flexibility index (Phi) is 3.94. The molecule has 102 valence electrons. The van der Waals surface area contributed by atoms with E-state index >= 15 is 0 Å². The lowest BCUT2D eigenvalue weighted by molar-refractivity contribution is -0.139. The molecule has 2 N–H and O–H groups in total. The van der Waals surface area contributed by atoms with E-state index in [2.05, 4.69) is 21.2 Å². The molecule has 0 saturated heterocycles. The number of carboxylic acid groups (broad SMARTS) is 1. The minimum atomic E-state index is -0.869. The maximum absolute atomic E-state index is 12.3. The summed E-state index contributed by atoms with van der Waals surface area (Å²) in [6, 6.07) is 5.43. The summed E-state index contributed by atoms with van der Waals surface area (Å²) in [6.45, 7) is 1.86. The third-order valence-electron chi connectivity index (χ3n) is 3.69. The third-order valence-corrected chi connectivity index (χ3v) is 4.55. The lowest BCUT2D eigenvalue weighted by Gasteiger charge is -2.41. The Morgan fingerprint density at radius 1 is 1.42 bits per heavy atom. The largest absolute Gasteiger partial charge is 0.481 e. The summed E-state index contributed by atoms with van der Waals surface area (Å²) in [7, 11) is 0. The quantitative estimate of drug-likeness (QED) is 0.894. The number of carboxylic acids is 1. The van der Waals surface area contributed by atoms with Gasteiger partial charge in [0.2, 0.25) is 0 Å². The Morgan fingerprint density at radius 3 is 2.63 bits per heavy atom. The summed E-state index contributed by atoms with van der Waals surface area (Å²) >= 11 is 3.39. The van der Waals surface area contributed by atoms with E-state index < -0.39 is 11.5 Å². The number of rotatable bonds is 4. The minimum absolute atomic E-state index is 0.00814. The van der Waals surface area contributed by atoms with E-state index in [4.69, 9.17) is 5.11 Å². The van der Waals surface area contributed by atoms with Gasteiger partial charge in [-0.15, -0.1) is 0 Å². The van der Waals surface area contributed by atoms with Gasteiger partial charge in [0.25, 0.3) is 5.91 Å². The molecule has 4 nitrogen and oxygen atoms in total. The number of hydrogen-bond acceptors (Lipinski definition) is 2. The SMILES string of the molecule is Cc1c(Br)cccc1C(=O)NC1(CC(=O)O)CCC1. The second kappa shape index (κ2) is 5.33. The summed E-state index contributed by atoms with van der Waals surface area (Å²) in [5.41, 5.74) is 0.897. The molecule has 5 heteroatoms. The average molecular weight is 326 g/mol. The van der Waals surface area contributed by atoms with Crippen molar-refractivity contribution in [3.63, 3.8) is 0 Å². The van der Waals surface area contributed by atoms with Crippen LogP contribution in [-0.4, -0.2) is 22.5 Å². The van der Waals surface area contributed by atoms with Crippen molar-refractivity contribution < 1.29 is 14.7 Å². The predicted molar refractivity (Wildman–Crippen MR) is 75.2 cm³/mol. The first-order chi connectivity index (χ1) is 8.93. The van der Waals surface area contributed by atoms with Gasteiger partial charge in [-0.3, -0.25) is 9.59 Å². The van der Waals surface area contributed by atoms with Crippen molar-refractivity contribution in [3.8, 4) is 0 Å². The molecule has 0 radical (unpaired) electrons. The van der Waals surface area contributed by atoms with E-state index in [1.807, 2.05) is 13.0 Å². The van der Waals surface area contributed by atoms with E-state index in [1.165, 1.54) is 0 Å². The van der Waals surface area contributed by atoms with Gasteiger partial charge in [-0.1, -0.05) is 22.0 Å². The van der Waals surface area contributed by atoms with Crippen LogP contribution in [0.1, 0.15) is 41.6 Å². The summed E-state index contributed by atoms with van der Waals surface area (Å²) in [4.78, 5) is 23.2. The summed E-state index contributed by atoms with van der Waals surface area (Å²) in [6.07, 6.45) is 2.42. The van der Waals surface area contributed by atoms with Crippen LogP contribution < -0.4 is 5.32 Å². The molecule has 1 aromatic carbocycles. The van der Waals surface area contributed by atoms with Crippen molar-refractivity contribution in [1.29, 1.82) is 0 Å². The fourth-order valence-corrected chi connectivity index (χ4v) is 2.77. The number of halogens is 1. The zero-order chi connectivity index (χ0) is 14.0. The van der Waals surface area contributed by atoms with Crippen LogP contribution in [0, 0.1) is 6.92 Å². The number of carbonyl (C=O) groups is 2. The van der Waals surface area contributed by atoms with E-state index in [9.17, 15) is 9.59 Å². The average Bonchev–Trinajstić information content (AvgIpc) is 2.29. The first kappa shape index (κ1) is 14.1. The number of hydrogen-bond donors (Lipinski definition) is 2. The lowest BCUT2D eigenvalue weighted by atomic mass is 9.74. The molecule has 0 unspecified atom stereocenters. The number of carbonyl (C=O) groups excluding carboxylic acids is 1. The molecule has 1 amide bonds. The molecule has 0 bridgehead atoms. The molecular weight excluding hydrogens is 310 g/mol. The van der Waals surface area contributed by atoms with Crippen molar-refractivity contribution in [3.05, 3.63) is 33.8 Å². The maximum atomic E-state index is 12.3. The van der Waals surface area contributed by atoms with Crippen LogP contribution in [0.5, 0.6) is 0 Å². The van der Waals surface area contributed by atoms with Crippen LogP contribution in [0.2, 0.25) is 0 Å². The van der Waals surface area contributed by atoms with Crippen LogP contribution in [0.25, 0.3) is 0 Å². The Balaban J connectivity index is 2.16. The Hall–Kier alpha value is -1.36. The molecule has 0 heterocycles. The molecule has 1 aromatic rings. The van der Waals surface area contributed by atoms with Crippen LogP contribution >= 0.6 is 15.9 Å². The molecule has 2 rings (SSSR count). The van der Waals surface area contributed by atoms with Gasteiger partial charge in [0.1, 0.15) is 0 Å². The van der Waals surface area contributed by atoms with E-state index in [-0.39, 0.29) is 12.3 Å². The van der Waals surface area contributed by atoms with Gasteiger partial charge in [0, 0.05) is 10.0 Å². The van der Waals surface area contributed by atoms with Crippen LogP contribution in [-0.2, 0) is 4.79 Å². The lowest BCUT2D eigenvalue weighted by Crippen LogP contribution is -2.54. The summed E-state index contributed by atoms with van der Waals surface area (Å²) in [5, 5.41) is 11.8. The molecule has 1 aliphatic carbocycles. The number of benzene rings is 1. The topological polar surface area (TPSA) is 66.4 Å². The second-order valence-corrected chi connectivity index (χ2v) is 5.93. The molecule has 19 heavy (non-hydrogen) atoms. The fraction of sp³-hybridized carbons (Fsp3) is 0.429. The molecule has 1 fully saturated rings. The monoisotopic (exact) mass is 325 g/mol. The Labute approximate surface area is 120 Å². The molecule has 0 atom stereocenters. The van der Waals surface area contributed by atoms with Gasteiger partial charge in [-0.2, -0.15) is 0 Å². The van der Waals surface area contributed by atoms with Gasteiger partial charge in [-0.25, -0.2) is 0 Å². The fourth-order valence-electron chi connectivity index (χ4n) is 2.40. The number of amides is 1. The predicted octanol–water partition coefficient (Wildman–Crippen LogP) is 2.88. The van der Waals surface area contributed by atoms with Crippen LogP contribution in [0.3, 0.4) is 0 Å². The molecule has 0 aromatic heterocycles. The highest BCUT2D eigenvalue weighted by Gasteiger charge is 2.40. The van der Waals surface area contributed by atoms with Crippen LogP contribution in [0.4, 0.5) is 0 Å². The maximum Gasteiger partial charge on any atom is 0.305 e. The number of aliphatic carboxylic acids is 1. The third kappa shape index (κ3) is 2.97. The van der Waals surface area contributed by atoms with Gasteiger partial charge in [0.05, 0.1) is 12.0 Å². The van der Waals surface area contributed by atoms with Gasteiger partial charge >= 0.3 is 5.97 Å². The standard InChI is InChI=1S/C14H16BrNO3/c1-9-10(4-2-5-11(9)15)13(19)16-14(6-3-7-14)8-12(17)18/h2,4-5H,3,6-8H2,1H3,(H,16,19)(H,17,18). The molecule has 1 saturated carbocycles. The van der Waals surface area contributed by atoms with E-state index in [0.717, 1.165) is 29.3 Å². The van der Waals surface area contributed by atoms with Crippen LogP contribution in [0.15, 0.2) is 22.7 Å². The van der Waals surface area contributed by atoms with Gasteiger partial charge < -0.3 is 10.4 Å². The summed E-state index contributed by atoms with van der Waals surface area (Å²) < 4.78 is 0.876. The summed E-state index contributed by atoms with van der Waals surface area (Å²) in [5.74, 6) is -1.06. The van der Waals surface area contributed by atoms with Gasteiger partial charge in [0.15, 0.2) is 0 Å². The van der Waals surface area contributed by atoms with Gasteiger partial charge in [-0.05, 0) is 43.9 Å². The van der Waals surface area contributed by atoms with E-state index in [1.54, 1.807) is 12.1 Å². The van der Waals surface area contributed by atoms with Crippen molar-refractivity contribution in [2.24, 2.45) is 0 Å². The highest BCUT2D eigenvalue weighted by Crippen LogP contribution is 2.35. The van der Waals surface area contributed by atoms with Crippen molar-refractivity contribution in [2.75, 3.05) is 0 Å². The first-order valence-corrected chi connectivity index (χ1v) is 7.02. The first-order valence-electron chi connectivity index (χ1n) is 6.23. The molecule has 0 aliphatic heterocycles. The molecular formula is C14H16BrNO3. The second-order valence-electron chi connectivity index (χ2n) is 5.07. The van der Waals surface area contributed by atoms with Crippen molar-refractivity contribution in [1.82, 2.24) is 5.32 Å².